The SMILES string of the molecule is CC(/C=C/C[Si](C)(C)C)(Cc1ccccc1)S(=O)(=O)c1ccccc1. The summed E-state index contributed by atoms with van der Waals surface area (Å²) in [5, 5.41) is 0. The number of hydrogen-bond donors (Lipinski definition) is 0. The summed E-state index contributed by atoms with van der Waals surface area (Å²) in [5.74, 6) is 0. The van der Waals surface area contributed by atoms with E-state index in [0.717, 1.165) is 11.6 Å². The third-order valence-electron chi connectivity index (χ3n) is 4.27. The molecule has 2 rings (SSSR count). The molecule has 0 aromatic heterocycles. The maximum atomic E-state index is 13.4. The molecular formula is C21H28O2SSi. The molecule has 25 heavy (non-hydrogen) atoms. The first-order valence-electron chi connectivity index (χ1n) is 8.65. The first-order valence-corrected chi connectivity index (χ1v) is 13.8. The Balaban J connectivity index is 2.44. The minimum Gasteiger partial charge on any atom is -0.223 e. The Kier molecular flexibility index (Phi) is 6.06. The van der Waals surface area contributed by atoms with Crippen LogP contribution in [0.25, 0.3) is 0 Å². The van der Waals surface area contributed by atoms with E-state index in [-0.39, 0.29) is 0 Å². The summed E-state index contributed by atoms with van der Waals surface area (Å²) in [4.78, 5) is 0.381. The van der Waals surface area contributed by atoms with Gasteiger partial charge in [-0.25, -0.2) is 8.42 Å². The zero-order chi connectivity index (χ0) is 18.6. The summed E-state index contributed by atoms with van der Waals surface area (Å²) in [7, 11) is -4.76. The molecule has 0 saturated carbocycles. The van der Waals surface area contributed by atoms with Gasteiger partial charge in [-0.3, -0.25) is 0 Å². The summed E-state index contributed by atoms with van der Waals surface area (Å²) < 4.78 is 25.8. The van der Waals surface area contributed by atoms with Crippen molar-refractivity contribution in [3.05, 3.63) is 78.4 Å². The molecule has 2 aromatic rings. The van der Waals surface area contributed by atoms with E-state index in [9.17, 15) is 8.42 Å². The third kappa shape index (κ3) is 5.16. The highest BCUT2D eigenvalue weighted by Gasteiger charge is 2.38. The Bertz CT molecular complexity index is 806. The van der Waals surface area contributed by atoms with Gasteiger partial charge in [0.15, 0.2) is 9.84 Å². The highest BCUT2D eigenvalue weighted by atomic mass is 32.2. The molecule has 0 heterocycles. The van der Waals surface area contributed by atoms with Crippen molar-refractivity contribution in [1.29, 1.82) is 0 Å². The molecule has 0 fully saturated rings. The maximum Gasteiger partial charge on any atom is 0.187 e. The number of rotatable bonds is 7. The molecular weight excluding hydrogens is 344 g/mol. The molecule has 0 saturated heterocycles. The van der Waals surface area contributed by atoms with Crippen molar-refractivity contribution in [2.24, 2.45) is 0 Å². The van der Waals surface area contributed by atoms with Gasteiger partial charge >= 0.3 is 0 Å². The molecule has 0 radical (unpaired) electrons. The third-order valence-corrected chi connectivity index (χ3v) is 8.13. The van der Waals surface area contributed by atoms with Crippen LogP contribution in [0.5, 0.6) is 0 Å². The van der Waals surface area contributed by atoms with Gasteiger partial charge in [0.2, 0.25) is 0 Å². The number of benzene rings is 2. The Hall–Kier alpha value is -1.65. The fraction of sp³-hybridized carbons (Fsp3) is 0.333. The Morgan fingerprint density at radius 3 is 1.96 bits per heavy atom. The molecule has 0 bridgehead atoms. The maximum absolute atomic E-state index is 13.4. The van der Waals surface area contributed by atoms with E-state index >= 15 is 0 Å². The van der Waals surface area contributed by atoms with Crippen molar-refractivity contribution in [2.75, 3.05) is 0 Å². The van der Waals surface area contributed by atoms with Gasteiger partial charge in [0, 0.05) is 8.07 Å². The lowest BCUT2D eigenvalue weighted by Crippen LogP contribution is -2.36. The van der Waals surface area contributed by atoms with Gasteiger partial charge in [0.1, 0.15) is 0 Å². The van der Waals surface area contributed by atoms with Crippen LogP contribution >= 0.6 is 0 Å². The van der Waals surface area contributed by atoms with Crippen molar-refractivity contribution in [3.63, 3.8) is 0 Å². The molecule has 1 atom stereocenters. The minimum atomic E-state index is -3.49. The molecule has 4 heteroatoms. The highest BCUT2D eigenvalue weighted by molar-refractivity contribution is 7.93. The molecule has 2 aromatic carbocycles. The van der Waals surface area contributed by atoms with Gasteiger partial charge in [0.05, 0.1) is 9.64 Å². The topological polar surface area (TPSA) is 34.1 Å². The van der Waals surface area contributed by atoms with Gasteiger partial charge in [0.25, 0.3) is 0 Å². The summed E-state index contributed by atoms with van der Waals surface area (Å²) in [6.07, 6.45) is 4.46. The summed E-state index contributed by atoms with van der Waals surface area (Å²) in [6.45, 7) is 8.70. The molecule has 0 spiro atoms. The first kappa shape index (κ1) is 19.7. The van der Waals surface area contributed by atoms with Crippen LogP contribution < -0.4 is 0 Å². The second-order valence-electron chi connectivity index (χ2n) is 7.96. The average Bonchev–Trinajstić information content (AvgIpc) is 2.55. The number of sulfone groups is 1. The van der Waals surface area contributed by atoms with Crippen LogP contribution in [0.2, 0.25) is 25.7 Å². The van der Waals surface area contributed by atoms with Crippen LogP contribution in [0.4, 0.5) is 0 Å². The zero-order valence-electron chi connectivity index (χ0n) is 15.6. The van der Waals surface area contributed by atoms with E-state index in [0.29, 0.717) is 11.3 Å². The largest absolute Gasteiger partial charge is 0.223 e. The van der Waals surface area contributed by atoms with Crippen molar-refractivity contribution in [2.45, 2.75) is 48.7 Å². The molecule has 0 aliphatic carbocycles. The summed E-state index contributed by atoms with van der Waals surface area (Å²) >= 11 is 0. The molecule has 2 nitrogen and oxygen atoms in total. The van der Waals surface area contributed by atoms with Gasteiger partial charge in [-0.2, -0.15) is 0 Å². The first-order chi connectivity index (χ1) is 11.6. The molecule has 0 aliphatic rings. The van der Waals surface area contributed by atoms with E-state index in [1.807, 2.05) is 49.4 Å². The van der Waals surface area contributed by atoms with E-state index in [2.05, 4.69) is 25.7 Å². The lowest BCUT2D eigenvalue weighted by atomic mass is 10.00. The van der Waals surface area contributed by atoms with Crippen LogP contribution in [0.15, 0.2) is 77.7 Å². The summed E-state index contributed by atoms with van der Waals surface area (Å²) in [6, 6.07) is 19.6. The van der Waals surface area contributed by atoms with Crippen molar-refractivity contribution < 1.29 is 8.42 Å². The smallest absolute Gasteiger partial charge is 0.187 e. The van der Waals surface area contributed by atoms with Crippen molar-refractivity contribution in [3.8, 4) is 0 Å². The monoisotopic (exact) mass is 372 g/mol. The fourth-order valence-corrected chi connectivity index (χ4v) is 5.29. The van der Waals surface area contributed by atoms with Crippen LogP contribution in [0.1, 0.15) is 12.5 Å². The predicted octanol–water partition coefficient (Wildman–Crippen LogP) is 5.36. The molecule has 0 amide bonds. The predicted molar refractivity (Wildman–Crippen MR) is 109 cm³/mol. The van der Waals surface area contributed by atoms with Crippen LogP contribution in [-0.4, -0.2) is 21.2 Å². The van der Waals surface area contributed by atoms with Crippen LogP contribution in [0, 0.1) is 0 Å². The molecule has 1 unspecified atom stereocenters. The van der Waals surface area contributed by atoms with Crippen molar-refractivity contribution >= 4 is 17.9 Å². The number of allylic oxidation sites excluding steroid dienone is 1. The number of hydrogen-bond acceptors (Lipinski definition) is 2. The Labute approximate surface area is 153 Å². The molecule has 0 N–H and O–H groups in total. The Morgan fingerprint density at radius 1 is 0.920 bits per heavy atom. The van der Waals surface area contributed by atoms with Crippen LogP contribution in [0.3, 0.4) is 0 Å². The normalized spacial score (nSPS) is 15.2. The van der Waals surface area contributed by atoms with E-state index < -0.39 is 22.7 Å². The van der Waals surface area contributed by atoms with Crippen molar-refractivity contribution in [1.82, 2.24) is 0 Å². The standard InChI is InChI=1S/C21H28O2SSi/c1-21(16-11-17-25(2,3)4,18-19-12-7-5-8-13-19)24(22,23)20-14-9-6-10-15-20/h5-16H,17-18H2,1-4H3/b16-11+. The quantitative estimate of drug-likeness (QED) is 0.484. The van der Waals surface area contributed by atoms with E-state index in [4.69, 9.17) is 0 Å². The lowest BCUT2D eigenvalue weighted by Gasteiger charge is -2.27. The van der Waals surface area contributed by atoms with Gasteiger partial charge in [-0.1, -0.05) is 80.3 Å². The second kappa shape index (κ2) is 7.71. The van der Waals surface area contributed by atoms with E-state index in [1.54, 1.807) is 24.3 Å². The van der Waals surface area contributed by atoms with Gasteiger partial charge in [-0.05, 0) is 37.1 Å². The van der Waals surface area contributed by atoms with Crippen LogP contribution in [-0.2, 0) is 16.3 Å². The average molecular weight is 373 g/mol. The zero-order valence-corrected chi connectivity index (χ0v) is 17.4. The molecule has 134 valence electrons. The second-order valence-corrected chi connectivity index (χ2v) is 15.9. The molecule has 0 aliphatic heterocycles. The summed E-state index contributed by atoms with van der Waals surface area (Å²) in [5.41, 5.74) is 1.03. The van der Waals surface area contributed by atoms with Gasteiger partial charge in [-0.15, -0.1) is 0 Å². The van der Waals surface area contributed by atoms with E-state index in [1.165, 1.54) is 0 Å². The lowest BCUT2D eigenvalue weighted by molar-refractivity contribution is 0.561. The highest BCUT2D eigenvalue weighted by Crippen LogP contribution is 2.31. The van der Waals surface area contributed by atoms with Gasteiger partial charge < -0.3 is 0 Å². The minimum absolute atomic E-state index is 0.381. The fourth-order valence-electron chi connectivity index (χ4n) is 2.78. The Morgan fingerprint density at radius 2 is 1.44 bits per heavy atom.